The summed E-state index contributed by atoms with van der Waals surface area (Å²) in [6.07, 6.45) is -0.0325. The van der Waals surface area contributed by atoms with Gasteiger partial charge in [-0.3, -0.25) is 9.59 Å². The van der Waals surface area contributed by atoms with Crippen LogP contribution in [0.25, 0.3) is 11.8 Å². The molecule has 0 unspecified atom stereocenters. The van der Waals surface area contributed by atoms with Gasteiger partial charge in [0.05, 0.1) is 30.0 Å². The standard InChI is InChI=1S/C26H28FN3O5/c1-16(2)24-22(13-12-20(31)14-21(32)15-23(33)34)30(19-10-8-17(27)9-11-19)29-25(24)26(35)28-18-6-4-3-5-7-18/h3-13,16,20-21,31-32H,14-15H2,1-2H3,(H,28,35)(H,33,34)/t20-,21+/m0/s1. The number of carbonyl (C=O) groups is 2. The quantitative estimate of drug-likeness (QED) is 0.347. The second kappa shape index (κ2) is 11.5. The molecule has 9 heteroatoms. The topological polar surface area (TPSA) is 125 Å². The number of hydrogen-bond acceptors (Lipinski definition) is 5. The number of benzene rings is 2. The molecule has 8 nitrogen and oxygen atoms in total. The third kappa shape index (κ3) is 6.84. The average Bonchev–Trinajstić information content (AvgIpc) is 3.18. The number of aromatic nitrogens is 2. The zero-order valence-corrected chi connectivity index (χ0v) is 19.4. The summed E-state index contributed by atoms with van der Waals surface area (Å²) in [5, 5.41) is 36.3. The number of para-hydroxylation sites is 1. The van der Waals surface area contributed by atoms with Crippen LogP contribution in [0.15, 0.2) is 60.7 Å². The molecule has 3 rings (SSSR count). The van der Waals surface area contributed by atoms with Gasteiger partial charge in [0.15, 0.2) is 5.69 Å². The first kappa shape index (κ1) is 25.8. The van der Waals surface area contributed by atoms with Crippen LogP contribution in [0.1, 0.15) is 54.4 Å². The van der Waals surface area contributed by atoms with Gasteiger partial charge in [-0.1, -0.05) is 38.1 Å². The van der Waals surface area contributed by atoms with E-state index in [-0.39, 0.29) is 18.0 Å². The highest BCUT2D eigenvalue weighted by atomic mass is 19.1. The molecular formula is C26H28FN3O5. The predicted octanol–water partition coefficient (Wildman–Crippen LogP) is 3.99. The summed E-state index contributed by atoms with van der Waals surface area (Å²) >= 11 is 0. The van der Waals surface area contributed by atoms with Crippen LogP contribution >= 0.6 is 0 Å². The first-order chi connectivity index (χ1) is 16.7. The lowest BCUT2D eigenvalue weighted by atomic mass is 9.98. The molecule has 1 heterocycles. The van der Waals surface area contributed by atoms with Crippen LogP contribution in [-0.2, 0) is 4.79 Å². The Morgan fingerprint density at radius 1 is 1.09 bits per heavy atom. The van der Waals surface area contributed by atoms with Gasteiger partial charge in [0, 0.05) is 17.7 Å². The summed E-state index contributed by atoms with van der Waals surface area (Å²) in [4.78, 5) is 23.9. The van der Waals surface area contributed by atoms with Gasteiger partial charge >= 0.3 is 5.97 Å². The van der Waals surface area contributed by atoms with E-state index in [2.05, 4.69) is 10.4 Å². The van der Waals surface area contributed by atoms with E-state index in [0.717, 1.165) is 0 Å². The number of amides is 1. The summed E-state index contributed by atoms with van der Waals surface area (Å²) in [6.45, 7) is 3.80. The molecule has 35 heavy (non-hydrogen) atoms. The summed E-state index contributed by atoms with van der Waals surface area (Å²) in [7, 11) is 0. The zero-order chi connectivity index (χ0) is 25.5. The minimum atomic E-state index is -1.22. The number of nitrogens with zero attached hydrogens (tertiary/aromatic N) is 2. The Morgan fingerprint density at radius 2 is 1.74 bits per heavy atom. The largest absolute Gasteiger partial charge is 0.481 e. The fourth-order valence-corrected chi connectivity index (χ4v) is 3.68. The molecule has 0 bridgehead atoms. The SMILES string of the molecule is CC(C)c1c(C(=O)Nc2ccccc2)nn(-c2ccc(F)cc2)c1C=C[C@H](O)C[C@@H](O)CC(=O)O. The van der Waals surface area contributed by atoms with Gasteiger partial charge in [-0.25, -0.2) is 9.07 Å². The van der Waals surface area contributed by atoms with E-state index in [1.54, 1.807) is 30.3 Å². The fraction of sp³-hybridized carbons (Fsp3) is 0.269. The second-order valence-electron chi connectivity index (χ2n) is 8.42. The highest BCUT2D eigenvalue weighted by molar-refractivity contribution is 6.04. The average molecular weight is 482 g/mol. The molecule has 0 spiro atoms. The molecular weight excluding hydrogens is 453 g/mol. The Kier molecular flexibility index (Phi) is 8.51. The minimum absolute atomic E-state index is 0.143. The number of aliphatic hydroxyl groups is 2. The van der Waals surface area contributed by atoms with Gasteiger partial charge in [-0.05, 0) is 48.4 Å². The number of nitrogens with one attached hydrogen (secondary N) is 1. The van der Waals surface area contributed by atoms with E-state index >= 15 is 0 Å². The van der Waals surface area contributed by atoms with Crippen molar-refractivity contribution in [2.75, 3.05) is 5.32 Å². The smallest absolute Gasteiger partial charge is 0.305 e. The molecule has 0 aliphatic heterocycles. The number of carboxylic acids is 1. The van der Waals surface area contributed by atoms with Crippen molar-refractivity contribution < 1.29 is 29.3 Å². The highest BCUT2D eigenvalue weighted by Crippen LogP contribution is 2.28. The van der Waals surface area contributed by atoms with Crippen LogP contribution in [0, 0.1) is 5.82 Å². The third-order valence-electron chi connectivity index (χ3n) is 5.25. The van der Waals surface area contributed by atoms with Crippen LogP contribution in [-0.4, -0.2) is 49.2 Å². The van der Waals surface area contributed by atoms with Crippen molar-refractivity contribution in [2.45, 2.75) is 44.8 Å². The molecule has 0 aliphatic carbocycles. The molecule has 0 radical (unpaired) electrons. The molecule has 0 saturated heterocycles. The van der Waals surface area contributed by atoms with Crippen molar-refractivity contribution in [3.8, 4) is 5.69 Å². The van der Waals surface area contributed by atoms with Gasteiger partial charge < -0.3 is 20.6 Å². The fourth-order valence-electron chi connectivity index (χ4n) is 3.68. The van der Waals surface area contributed by atoms with Gasteiger partial charge in [-0.2, -0.15) is 5.10 Å². The number of carbonyl (C=O) groups excluding carboxylic acids is 1. The van der Waals surface area contributed by atoms with Crippen molar-refractivity contribution in [1.82, 2.24) is 9.78 Å². The van der Waals surface area contributed by atoms with Crippen molar-refractivity contribution in [2.24, 2.45) is 0 Å². The summed E-state index contributed by atoms with van der Waals surface area (Å²) in [5.74, 6) is -2.16. The third-order valence-corrected chi connectivity index (χ3v) is 5.25. The maximum atomic E-state index is 13.5. The Balaban J connectivity index is 2.02. The highest BCUT2D eigenvalue weighted by Gasteiger charge is 2.25. The summed E-state index contributed by atoms with van der Waals surface area (Å²) < 4.78 is 15.0. The number of aliphatic hydroxyl groups excluding tert-OH is 2. The Hall–Kier alpha value is -3.82. The first-order valence-corrected chi connectivity index (χ1v) is 11.2. The van der Waals surface area contributed by atoms with Gasteiger partial charge in [-0.15, -0.1) is 0 Å². The minimum Gasteiger partial charge on any atom is -0.481 e. The summed E-state index contributed by atoms with van der Waals surface area (Å²) in [5.41, 5.74) is 2.39. The van der Waals surface area contributed by atoms with E-state index in [1.165, 1.54) is 35.0 Å². The number of aliphatic carboxylic acids is 1. The molecule has 0 fully saturated rings. The molecule has 1 amide bonds. The van der Waals surface area contributed by atoms with Crippen LogP contribution in [0.2, 0.25) is 0 Å². The van der Waals surface area contributed by atoms with E-state index in [4.69, 9.17) is 5.11 Å². The lowest BCUT2D eigenvalue weighted by Crippen LogP contribution is -2.19. The number of anilines is 1. The number of carboxylic acid groups (broad SMARTS) is 1. The second-order valence-corrected chi connectivity index (χ2v) is 8.42. The van der Waals surface area contributed by atoms with Gasteiger partial charge in [0.1, 0.15) is 5.82 Å². The number of hydrogen-bond donors (Lipinski definition) is 4. The number of halogens is 1. The van der Waals surface area contributed by atoms with Crippen molar-refractivity contribution in [3.05, 3.63) is 83.4 Å². The molecule has 2 atom stereocenters. The molecule has 3 aromatic rings. The van der Waals surface area contributed by atoms with Gasteiger partial charge in [0.2, 0.25) is 0 Å². The Labute approximate surface area is 202 Å². The van der Waals surface area contributed by atoms with E-state index in [9.17, 15) is 24.2 Å². The lowest BCUT2D eigenvalue weighted by Gasteiger charge is -2.12. The van der Waals surface area contributed by atoms with E-state index in [0.29, 0.717) is 22.6 Å². The normalized spacial score (nSPS) is 13.2. The first-order valence-electron chi connectivity index (χ1n) is 11.2. The zero-order valence-electron chi connectivity index (χ0n) is 19.4. The van der Waals surface area contributed by atoms with E-state index in [1.807, 2.05) is 19.9 Å². The molecule has 0 aliphatic rings. The van der Waals surface area contributed by atoms with Crippen LogP contribution in [0.3, 0.4) is 0 Å². The van der Waals surface area contributed by atoms with Crippen LogP contribution < -0.4 is 5.32 Å². The lowest BCUT2D eigenvalue weighted by molar-refractivity contribution is -0.139. The Bertz CT molecular complexity index is 1190. The maximum Gasteiger partial charge on any atom is 0.305 e. The molecule has 0 saturated carbocycles. The molecule has 184 valence electrons. The van der Waals surface area contributed by atoms with Crippen molar-refractivity contribution in [3.63, 3.8) is 0 Å². The number of rotatable bonds is 10. The van der Waals surface area contributed by atoms with Crippen LogP contribution in [0.5, 0.6) is 0 Å². The maximum absolute atomic E-state index is 13.5. The molecule has 4 N–H and O–H groups in total. The van der Waals surface area contributed by atoms with E-state index < -0.39 is 36.3 Å². The van der Waals surface area contributed by atoms with Crippen LogP contribution in [0.4, 0.5) is 10.1 Å². The molecule has 2 aromatic carbocycles. The van der Waals surface area contributed by atoms with Crippen molar-refractivity contribution in [1.29, 1.82) is 0 Å². The predicted molar refractivity (Wildman–Crippen MR) is 130 cm³/mol. The monoisotopic (exact) mass is 481 g/mol. The van der Waals surface area contributed by atoms with Crippen molar-refractivity contribution >= 4 is 23.6 Å². The summed E-state index contributed by atoms with van der Waals surface area (Å²) in [6, 6.07) is 14.5. The Morgan fingerprint density at radius 3 is 2.34 bits per heavy atom. The van der Waals surface area contributed by atoms with Gasteiger partial charge in [0.25, 0.3) is 5.91 Å². The molecule has 1 aromatic heterocycles.